The summed E-state index contributed by atoms with van der Waals surface area (Å²) in [6.07, 6.45) is 5.91. The molecule has 0 spiro atoms. The molecule has 1 amide bonds. The van der Waals surface area contributed by atoms with Crippen molar-refractivity contribution >= 4 is 11.9 Å². The van der Waals surface area contributed by atoms with Gasteiger partial charge < -0.3 is 10.1 Å². The zero-order chi connectivity index (χ0) is 19.8. The Morgan fingerprint density at radius 3 is 2.54 bits per heavy atom. The summed E-state index contributed by atoms with van der Waals surface area (Å²) in [5.74, 6) is -0.781. The first-order valence-corrected chi connectivity index (χ1v) is 9.59. The van der Waals surface area contributed by atoms with Gasteiger partial charge in [0.05, 0.1) is 18.6 Å². The molecule has 3 fully saturated rings. The Balaban J connectivity index is 1.48. The van der Waals surface area contributed by atoms with Gasteiger partial charge in [0.1, 0.15) is 5.82 Å². The van der Waals surface area contributed by atoms with Crippen LogP contribution in [0.2, 0.25) is 0 Å². The largest absolute Gasteiger partial charge is 0.466 e. The van der Waals surface area contributed by atoms with Crippen molar-refractivity contribution in [2.24, 2.45) is 5.41 Å². The number of halogens is 1. The van der Waals surface area contributed by atoms with E-state index in [-0.39, 0.29) is 41.0 Å². The molecular weight excluding hydrogens is 359 g/mol. The fourth-order valence-electron chi connectivity index (χ4n) is 4.89. The van der Waals surface area contributed by atoms with Crippen molar-refractivity contribution in [3.05, 3.63) is 65.7 Å². The highest BCUT2D eigenvalue weighted by Gasteiger charge is 2.71. The summed E-state index contributed by atoms with van der Waals surface area (Å²) in [5, 5.41) is 3.04. The molecule has 1 aromatic heterocycles. The maximum atomic E-state index is 13.2. The van der Waals surface area contributed by atoms with Gasteiger partial charge in [0.2, 0.25) is 0 Å². The second-order valence-corrected chi connectivity index (χ2v) is 7.96. The van der Waals surface area contributed by atoms with Gasteiger partial charge in [0.15, 0.2) is 0 Å². The van der Waals surface area contributed by atoms with E-state index in [0.717, 1.165) is 24.8 Å². The number of benzene rings is 1. The number of rotatable bonds is 7. The lowest BCUT2D eigenvalue weighted by Crippen LogP contribution is -2.72. The van der Waals surface area contributed by atoms with Crippen molar-refractivity contribution < 1.29 is 18.7 Å². The lowest BCUT2D eigenvalue weighted by atomic mass is 9.31. The van der Waals surface area contributed by atoms with E-state index in [1.807, 2.05) is 12.1 Å². The molecule has 0 aliphatic heterocycles. The number of ether oxygens (including phenoxy) is 1. The Morgan fingerprint density at radius 1 is 1.21 bits per heavy atom. The third-order valence-electron chi connectivity index (χ3n) is 6.17. The second-order valence-electron chi connectivity index (χ2n) is 7.96. The first kappa shape index (κ1) is 18.6. The monoisotopic (exact) mass is 382 g/mol. The first-order valence-electron chi connectivity index (χ1n) is 9.59. The van der Waals surface area contributed by atoms with Crippen LogP contribution in [0.1, 0.15) is 48.5 Å². The summed E-state index contributed by atoms with van der Waals surface area (Å²) >= 11 is 0. The molecule has 0 saturated heterocycles. The molecule has 5 nitrogen and oxygen atoms in total. The number of hydrogen-bond acceptors (Lipinski definition) is 4. The Hall–Kier alpha value is -2.76. The van der Waals surface area contributed by atoms with Crippen LogP contribution in [0.25, 0.3) is 0 Å². The molecule has 1 unspecified atom stereocenters. The first-order chi connectivity index (χ1) is 13.5. The quantitative estimate of drug-likeness (QED) is 0.746. The SMILES string of the molecule is CCOC(=O)CC(NC(=O)c1cccnc1)C12CC(c3ccc(F)cc3)(C1)C2. The maximum Gasteiger partial charge on any atom is 0.307 e. The van der Waals surface area contributed by atoms with E-state index in [2.05, 4.69) is 10.3 Å². The summed E-state index contributed by atoms with van der Waals surface area (Å²) < 4.78 is 18.3. The van der Waals surface area contributed by atoms with Gasteiger partial charge in [-0.2, -0.15) is 0 Å². The summed E-state index contributed by atoms with van der Waals surface area (Å²) in [7, 11) is 0. The highest BCUT2D eigenvalue weighted by atomic mass is 19.1. The summed E-state index contributed by atoms with van der Waals surface area (Å²) in [5.41, 5.74) is 1.53. The van der Waals surface area contributed by atoms with Crippen LogP contribution in [0, 0.1) is 11.2 Å². The third kappa shape index (κ3) is 3.17. The number of nitrogens with one attached hydrogen (secondary N) is 1. The molecule has 2 aromatic rings. The van der Waals surface area contributed by atoms with E-state index in [9.17, 15) is 14.0 Å². The number of carbonyl (C=O) groups is 2. The van der Waals surface area contributed by atoms with Crippen molar-refractivity contribution in [3.63, 3.8) is 0 Å². The number of amides is 1. The van der Waals surface area contributed by atoms with Crippen molar-refractivity contribution in [1.29, 1.82) is 0 Å². The Morgan fingerprint density at radius 2 is 1.93 bits per heavy atom. The summed E-state index contributed by atoms with van der Waals surface area (Å²) in [4.78, 5) is 28.8. The van der Waals surface area contributed by atoms with Gasteiger partial charge in [-0.25, -0.2) is 4.39 Å². The topological polar surface area (TPSA) is 68.3 Å². The van der Waals surface area contributed by atoms with E-state index >= 15 is 0 Å². The fourth-order valence-corrected chi connectivity index (χ4v) is 4.89. The predicted octanol–water partition coefficient (Wildman–Crippen LogP) is 3.39. The molecule has 3 aliphatic carbocycles. The van der Waals surface area contributed by atoms with E-state index < -0.39 is 0 Å². The molecule has 28 heavy (non-hydrogen) atoms. The van der Waals surface area contributed by atoms with E-state index in [1.54, 1.807) is 25.3 Å². The number of aromatic nitrogens is 1. The molecule has 3 saturated carbocycles. The summed E-state index contributed by atoms with van der Waals surface area (Å²) in [6, 6.07) is 9.78. The van der Waals surface area contributed by atoms with Crippen LogP contribution in [0.4, 0.5) is 4.39 Å². The molecule has 1 atom stereocenters. The van der Waals surface area contributed by atoms with Gasteiger partial charge in [0, 0.05) is 18.4 Å². The molecule has 5 rings (SSSR count). The molecule has 1 N–H and O–H groups in total. The summed E-state index contributed by atoms with van der Waals surface area (Å²) in [6.45, 7) is 2.08. The predicted molar refractivity (Wildman–Crippen MR) is 101 cm³/mol. The lowest BCUT2D eigenvalue weighted by molar-refractivity contribution is -0.172. The van der Waals surface area contributed by atoms with Crippen LogP contribution >= 0.6 is 0 Å². The molecule has 3 aliphatic rings. The molecule has 1 aromatic carbocycles. The fraction of sp³-hybridized carbons (Fsp3) is 0.409. The van der Waals surface area contributed by atoms with Crippen molar-refractivity contribution in [3.8, 4) is 0 Å². The van der Waals surface area contributed by atoms with Crippen molar-refractivity contribution in [2.45, 2.75) is 44.1 Å². The normalized spacial score (nSPS) is 25.8. The Labute approximate surface area is 163 Å². The van der Waals surface area contributed by atoms with Crippen LogP contribution in [0.5, 0.6) is 0 Å². The maximum absolute atomic E-state index is 13.2. The molecular formula is C22H23FN2O3. The zero-order valence-electron chi connectivity index (χ0n) is 15.8. The van der Waals surface area contributed by atoms with Crippen LogP contribution in [0.15, 0.2) is 48.8 Å². The van der Waals surface area contributed by atoms with Crippen LogP contribution in [-0.2, 0) is 14.9 Å². The highest BCUT2D eigenvalue weighted by molar-refractivity contribution is 5.94. The molecule has 2 bridgehead atoms. The van der Waals surface area contributed by atoms with Crippen molar-refractivity contribution in [2.75, 3.05) is 6.61 Å². The van der Waals surface area contributed by atoms with Gasteiger partial charge >= 0.3 is 5.97 Å². The molecule has 1 heterocycles. The standard InChI is InChI=1S/C22H23FN2O3/c1-2-28-19(26)10-18(25-20(27)15-4-3-9-24-11-15)22-12-21(13-22,14-22)16-5-7-17(23)8-6-16/h3-9,11,18H,2,10,12-14H2,1H3,(H,25,27). The van der Waals surface area contributed by atoms with Gasteiger partial charge in [-0.1, -0.05) is 12.1 Å². The van der Waals surface area contributed by atoms with Gasteiger partial charge in [0.25, 0.3) is 5.91 Å². The van der Waals surface area contributed by atoms with Crippen LogP contribution < -0.4 is 5.32 Å². The van der Waals surface area contributed by atoms with Crippen molar-refractivity contribution in [1.82, 2.24) is 10.3 Å². The number of hydrogen-bond donors (Lipinski definition) is 1. The number of carbonyl (C=O) groups excluding carboxylic acids is 2. The number of pyridine rings is 1. The average Bonchev–Trinajstić information content (AvgIpc) is 2.62. The Bertz CT molecular complexity index is 863. The van der Waals surface area contributed by atoms with Gasteiger partial charge in [-0.3, -0.25) is 14.6 Å². The molecule has 146 valence electrons. The Kier molecular flexibility index (Phi) is 4.65. The average molecular weight is 382 g/mol. The van der Waals surface area contributed by atoms with Crippen LogP contribution in [-0.4, -0.2) is 29.5 Å². The minimum atomic E-state index is -0.306. The zero-order valence-corrected chi connectivity index (χ0v) is 15.8. The highest BCUT2D eigenvalue weighted by Crippen LogP contribution is 2.75. The van der Waals surface area contributed by atoms with Gasteiger partial charge in [-0.15, -0.1) is 0 Å². The minimum Gasteiger partial charge on any atom is -0.466 e. The number of esters is 1. The third-order valence-corrected chi connectivity index (χ3v) is 6.17. The van der Waals surface area contributed by atoms with Gasteiger partial charge in [-0.05, 0) is 66.8 Å². The molecule has 0 radical (unpaired) electrons. The van der Waals surface area contributed by atoms with E-state index in [0.29, 0.717) is 12.2 Å². The van der Waals surface area contributed by atoms with E-state index in [4.69, 9.17) is 4.74 Å². The minimum absolute atomic E-state index is 0.0413. The smallest absolute Gasteiger partial charge is 0.307 e. The number of nitrogens with zero attached hydrogens (tertiary/aromatic N) is 1. The van der Waals surface area contributed by atoms with Crippen LogP contribution in [0.3, 0.4) is 0 Å². The molecule has 6 heteroatoms. The lowest BCUT2D eigenvalue weighted by Gasteiger charge is -2.73. The van der Waals surface area contributed by atoms with E-state index in [1.165, 1.54) is 18.3 Å². The second kappa shape index (κ2) is 7.00.